The molecule has 1 atom stereocenters. The average molecular weight is 1560 g/mol. The van der Waals surface area contributed by atoms with Gasteiger partial charge in [0.25, 0.3) is 22.2 Å². The number of nitrogens with one attached hydrogen (secondary N) is 9. The summed E-state index contributed by atoms with van der Waals surface area (Å²) in [5, 5.41) is 59.6. The fraction of sp³-hybridized carbons (Fsp3) is 0.400. The Balaban J connectivity index is 0.000000133. The van der Waals surface area contributed by atoms with Gasteiger partial charge in [-0.05, 0) is 159 Å². The predicted octanol–water partition coefficient (Wildman–Crippen LogP) is 9.65. The summed E-state index contributed by atoms with van der Waals surface area (Å²) in [4.78, 5) is 101. The van der Waals surface area contributed by atoms with E-state index in [0.717, 1.165) is 167 Å². The first-order valence-corrected chi connectivity index (χ1v) is 40.1. The molecule has 13 aromatic rings. The second-order valence-corrected chi connectivity index (χ2v) is 30.5. The number of aromatic nitrogens is 12. The lowest BCUT2D eigenvalue weighted by Crippen LogP contribution is -2.42. The van der Waals surface area contributed by atoms with Gasteiger partial charge in [0.1, 0.15) is 28.0 Å². The van der Waals surface area contributed by atoms with Crippen LogP contribution in [-0.4, -0.2) is 134 Å². The topological polar surface area (TPSA) is 407 Å². The van der Waals surface area contributed by atoms with Crippen LogP contribution in [0.15, 0.2) is 141 Å². The fourth-order valence-electron chi connectivity index (χ4n) is 16.2. The molecule has 1 unspecified atom stereocenters. The quantitative estimate of drug-likeness (QED) is 0.0281. The van der Waals surface area contributed by atoms with Crippen molar-refractivity contribution in [2.45, 2.75) is 162 Å². The van der Waals surface area contributed by atoms with Crippen molar-refractivity contribution in [1.29, 1.82) is 5.26 Å². The van der Waals surface area contributed by atoms with Gasteiger partial charge in [-0.25, -0.2) is 0 Å². The SMILES string of the molecule is Cc1[nH]nc2c1c(=O)n(CCCNC(=O)C1CCC(N)CC1)c1ccccc21.Cc1[nH]nc2c1c(=O)n(CCCNC(=O)C1CCCCC1)c1ccccc21.Cc1[nH]nc2c1c(=O)n(CCCNC(=O)C1CCNCC1)c1ccccc21.N#Cc1n[nH]c2c1c(=O)n(CCCNC(=O)C(N)Cc1ccc(Cl)cc1)c1ccccc21. The summed E-state index contributed by atoms with van der Waals surface area (Å²) >= 11 is 5.88. The van der Waals surface area contributed by atoms with Gasteiger partial charge in [-0.2, -0.15) is 25.7 Å². The number of aryl methyl sites for hydroxylation is 7. The Kier molecular flexibility index (Phi) is 26.3. The molecular weight excluding hydrogens is 1460 g/mol. The number of hydrogen-bond acceptors (Lipinski definition) is 16. The number of carbonyl (C=O) groups is 4. The zero-order valence-corrected chi connectivity index (χ0v) is 65.4. The number of pyridine rings is 4. The summed E-state index contributed by atoms with van der Waals surface area (Å²) in [7, 11) is 0. The highest BCUT2D eigenvalue weighted by atomic mass is 35.5. The number of fused-ring (bicyclic) bond motifs is 12. The Morgan fingerprint density at radius 2 is 0.842 bits per heavy atom. The van der Waals surface area contributed by atoms with E-state index >= 15 is 0 Å². The molecule has 4 amide bonds. The summed E-state index contributed by atoms with van der Waals surface area (Å²) in [5.41, 5.74) is 21.0. The number of aromatic amines is 4. The maximum atomic E-state index is 13.1. The molecule has 8 aromatic heterocycles. The van der Waals surface area contributed by atoms with Crippen molar-refractivity contribution in [1.82, 2.24) is 85.6 Å². The molecule has 16 rings (SSSR count). The number of benzene rings is 5. The molecule has 9 heterocycles. The van der Waals surface area contributed by atoms with Gasteiger partial charge in [0, 0.05) is 120 Å². The minimum absolute atomic E-state index is 0.0199. The third-order valence-electron chi connectivity index (χ3n) is 22.3. The van der Waals surface area contributed by atoms with Crippen LogP contribution >= 0.6 is 11.6 Å². The van der Waals surface area contributed by atoms with Gasteiger partial charge in [0.05, 0.1) is 49.8 Å². The van der Waals surface area contributed by atoms with Crippen molar-refractivity contribution >= 4 is 122 Å². The van der Waals surface area contributed by atoms with E-state index in [1.165, 1.54) is 6.42 Å². The molecule has 3 aliphatic rings. The van der Waals surface area contributed by atoms with E-state index in [1.807, 2.05) is 141 Å². The van der Waals surface area contributed by atoms with Crippen LogP contribution in [0, 0.1) is 49.9 Å². The van der Waals surface area contributed by atoms with E-state index < -0.39 is 6.04 Å². The van der Waals surface area contributed by atoms with Crippen LogP contribution in [0.3, 0.4) is 0 Å². The number of nitrogens with zero attached hydrogens (tertiary/aromatic N) is 9. The predicted molar refractivity (Wildman–Crippen MR) is 446 cm³/mol. The molecule has 0 spiro atoms. The van der Waals surface area contributed by atoms with Crippen LogP contribution in [0.1, 0.15) is 125 Å². The van der Waals surface area contributed by atoms with Crippen LogP contribution in [0.4, 0.5) is 0 Å². The fourth-order valence-corrected chi connectivity index (χ4v) is 16.3. The summed E-state index contributed by atoms with van der Waals surface area (Å²) < 4.78 is 7.03. The summed E-state index contributed by atoms with van der Waals surface area (Å²) in [5.74, 6) is 0.530. The minimum atomic E-state index is -0.680. The monoisotopic (exact) mass is 1560 g/mol. The van der Waals surface area contributed by atoms with Crippen LogP contribution in [0.5, 0.6) is 0 Å². The van der Waals surface area contributed by atoms with E-state index in [9.17, 15) is 43.6 Å². The molecular formula is C85H99ClN20O8. The highest BCUT2D eigenvalue weighted by Gasteiger charge is 2.27. The molecule has 2 saturated carbocycles. The largest absolute Gasteiger partial charge is 0.356 e. The first-order valence-electron chi connectivity index (χ1n) is 39.7. The van der Waals surface area contributed by atoms with Crippen LogP contribution < -0.4 is 60.3 Å². The van der Waals surface area contributed by atoms with Gasteiger partial charge in [0.2, 0.25) is 23.6 Å². The number of para-hydroxylation sites is 4. The van der Waals surface area contributed by atoms with Crippen molar-refractivity contribution in [3.63, 3.8) is 0 Å². The second-order valence-electron chi connectivity index (χ2n) is 30.0. The molecule has 1 aliphatic heterocycles. The van der Waals surface area contributed by atoms with Crippen molar-refractivity contribution in [2.75, 3.05) is 39.3 Å². The van der Waals surface area contributed by atoms with Crippen molar-refractivity contribution in [3.05, 3.63) is 196 Å². The number of H-pyrrole nitrogens is 4. The minimum Gasteiger partial charge on any atom is -0.356 e. The maximum Gasteiger partial charge on any atom is 0.263 e. The van der Waals surface area contributed by atoms with E-state index in [-0.39, 0.29) is 80.7 Å². The van der Waals surface area contributed by atoms with Crippen LogP contribution in [0.2, 0.25) is 5.02 Å². The Hall–Kier alpha value is -11.6. The third-order valence-corrected chi connectivity index (χ3v) is 22.6. The molecule has 0 radical (unpaired) electrons. The van der Waals surface area contributed by atoms with Crippen LogP contribution in [0.25, 0.3) is 87.2 Å². The molecule has 594 valence electrons. The standard InChI is InChI=1S/C23H21ClN6O2.C21H27N5O2.C21H26N4O2.C20H25N5O2/c24-15-8-6-14(7-9-15)12-17(26)22(31)27-10-3-11-30-19-5-2-1-4-16(19)21-20(23(30)32)18(13-25)28-29-21;1-13-18-19(25-24-13)16-5-2-3-6-17(16)26(21(18)28)12-4-11-23-20(27)14-7-9-15(22)10-8-14;1-14-18-19(24-23-14)16-10-5-6-11-17(16)25(21(18)27)13-7-12-22-20(26)15-8-3-2-4-9-15;1-13-17-18(24-23-13)15-5-2-3-6-16(15)25(20(17)27)12-4-9-22-19(26)14-7-10-21-11-8-14/h1-2,4-9,17H,3,10-12,26H2,(H,27,31)(H,28,29);2-3,5-6,14-15H,4,7-12,22H2,1H3,(H,23,27)(H,24,25);5-6,10-11,15H,2-4,7-9,12-13H2,1H3,(H,22,26)(H,23,24);2-3,5-6,14,21H,4,7-12H2,1H3,(H,22,26)(H,23,24). The number of nitriles is 1. The van der Waals surface area contributed by atoms with Crippen molar-refractivity contribution in [2.24, 2.45) is 29.2 Å². The number of carbonyl (C=O) groups excluding carboxylic acids is 4. The van der Waals surface area contributed by atoms with Gasteiger partial charge >= 0.3 is 0 Å². The summed E-state index contributed by atoms with van der Waals surface area (Å²) in [6.45, 7) is 11.6. The van der Waals surface area contributed by atoms with Crippen molar-refractivity contribution in [3.8, 4) is 6.07 Å². The van der Waals surface area contributed by atoms with Gasteiger partial charge < -0.3 is 56.3 Å². The van der Waals surface area contributed by atoms with Crippen molar-refractivity contribution < 1.29 is 19.2 Å². The lowest BCUT2D eigenvalue weighted by atomic mass is 9.86. The molecule has 28 nitrogen and oxygen atoms in total. The maximum absolute atomic E-state index is 13.1. The number of piperidine rings is 1. The molecule has 0 bridgehead atoms. The third kappa shape index (κ3) is 18.0. The lowest BCUT2D eigenvalue weighted by molar-refractivity contribution is -0.126. The molecule has 5 aromatic carbocycles. The Labute approximate surface area is 661 Å². The molecule has 3 fully saturated rings. The number of amides is 4. The Bertz CT molecular complexity index is 5770. The number of nitrogens with two attached hydrogens (primary N) is 2. The van der Waals surface area contributed by atoms with E-state index in [2.05, 4.69) is 67.4 Å². The van der Waals surface area contributed by atoms with E-state index in [0.29, 0.717) is 105 Å². The summed E-state index contributed by atoms with van der Waals surface area (Å²) in [6.07, 6.45) is 14.0. The lowest BCUT2D eigenvalue weighted by Gasteiger charge is -2.25. The number of halogens is 1. The first-order chi connectivity index (χ1) is 55.4. The number of hydrogen-bond donors (Lipinski definition) is 11. The highest BCUT2D eigenvalue weighted by Crippen LogP contribution is 2.29. The molecule has 13 N–H and O–H groups in total. The average Bonchev–Trinajstić information content (AvgIpc) is 1.57. The van der Waals surface area contributed by atoms with Gasteiger partial charge in [-0.15, -0.1) is 0 Å². The zero-order chi connectivity index (χ0) is 79.9. The molecule has 29 heteroatoms. The highest BCUT2D eigenvalue weighted by molar-refractivity contribution is 6.30. The number of rotatable bonds is 22. The first kappa shape index (κ1) is 80.4. The Morgan fingerprint density at radius 3 is 1.26 bits per heavy atom. The second kappa shape index (κ2) is 37.3. The van der Waals surface area contributed by atoms with E-state index in [4.69, 9.17) is 23.1 Å². The Morgan fingerprint density at radius 1 is 0.474 bits per heavy atom. The van der Waals surface area contributed by atoms with Gasteiger partial charge in [0.15, 0.2) is 5.69 Å². The molecule has 1 saturated heterocycles. The van der Waals surface area contributed by atoms with Gasteiger partial charge in [-0.1, -0.05) is 116 Å². The smallest absolute Gasteiger partial charge is 0.263 e. The summed E-state index contributed by atoms with van der Waals surface area (Å²) in [6, 6.07) is 39.7. The van der Waals surface area contributed by atoms with Gasteiger partial charge in [-0.3, -0.25) is 58.8 Å². The normalized spacial score (nSPS) is 15.6. The zero-order valence-electron chi connectivity index (χ0n) is 64.6. The van der Waals surface area contributed by atoms with E-state index in [1.54, 1.807) is 25.8 Å². The van der Waals surface area contributed by atoms with Crippen LogP contribution in [-0.2, 0) is 51.8 Å². The molecule has 2 aliphatic carbocycles. The molecule has 114 heavy (non-hydrogen) atoms.